The van der Waals surface area contributed by atoms with E-state index < -0.39 is 0 Å². The van der Waals surface area contributed by atoms with Gasteiger partial charge in [-0.2, -0.15) is 0 Å². The Balaban J connectivity index is 2.05. The van der Waals surface area contributed by atoms with Gasteiger partial charge in [0.2, 0.25) is 0 Å². The van der Waals surface area contributed by atoms with Gasteiger partial charge in [0.15, 0.2) is 5.16 Å². The highest BCUT2D eigenvalue weighted by Gasteiger charge is 2.15. The van der Waals surface area contributed by atoms with Gasteiger partial charge >= 0.3 is 0 Å². The molecule has 0 atom stereocenters. The Bertz CT molecular complexity index is 1020. The molecule has 0 aliphatic carbocycles. The van der Waals surface area contributed by atoms with Gasteiger partial charge in [0.05, 0.1) is 10.9 Å². The lowest BCUT2D eigenvalue weighted by atomic mass is 9.90. The van der Waals surface area contributed by atoms with Crippen molar-refractivity contribution in [1.82, 2.24) is 9.55 Å². The molecule has 0 saturated heterocycles. The molecule has 136 valence electrons. The van der Waals surface area contributed by atoms with Crippen LogP contribution in [0.3, 0.4) is 0 Å². The van der Waals surface area contributed by atoms with E-state index in [0.717, 1.165) is 16.4 Å². The minimum absolute atomic E-state index is 0.0466. The second kappa shape index (κ2) is 7.28. The van der Waals surface area contributed by atoms with E-state index in [-0.39, 0.29) is 5.56 Å². The monoisotopic (exact) mass is 366 g/mol. The van der Waals surface area contributed by atoms with Crippen molar-refractivity contribution in [3.63, 3.8) is 0 Å². The van der Waals surface area contributed by atoms with Gasteiger partial charge in [-0.05, 0) is 87.1 Å². The van der Waals surface area contributed by atoms with E-state index in [2.05, 4.69) is 34.6 Å². The topological polar surface area (TPSA) is 34.9 Å². The number of hydrogen-bond donors (Lipinski definition) is 0. The highest BCUT2D eigenvalue weighted by atomic mass is 32.2. The van der Waals surface area contributed by atoms with Crippen molar-refractivity contribution < 1.29 is 0 Å². The van der Waals surface area contributed by atoms with Crippen LogP contribution < -0.4 is 5.56 Å². The Morgan fingerprint density at radius 3 is 2.12 bits per heavy atom. The summed E-state index contributed by atoms with van der Waals surface area (Å²) >= 11 is 1.66. The van der Waals surface area contributed by atoms with Crippen LogP contribution in [0.15, 0.2) is 34.2 Å². The summed E-state index contributed by atoms with van der Waals surface area (Å²) in [6.45, 7) is 13.6. The van der Waals surface area contributed by atoms with Crippen LogP contribution in [0.4, 0.5) is 0 Å². The van der Waals surface area contributed by atoms with Gasteiger partial charge in [0, 0.05) is 12.3 Å². The minimum Gasteiger partial charge on any atom is -0.287 e. The van der Waals surface area contributed by atoms with E-state index in [1.807, 2.05) is 31.2 Å². The molecule has 0 unspecified atom stereocenters. The molecule has 0 amide bonds. The average Bonchev–Trinajstić information content (AvgIpc) is 2.65. The van der Waals surface area contributed by atoms with Crippen molar-refractivity contribution in [3.8, 4) is 0 Å². The summed E-state index contributed by atoms with van der Waals surface area (Å²) in [6, 6.07) is 7.59. The summed E-state index contributed by atoms with van der Waals surface area (Å²) in [7, 11) is 0. The SMILES string of the molecule is CCn1c(SCc2c(C)c(C)c(C)c(C)c2C)nc2ccccc2c1=O. The van der Waals surface area contributed by atoms with E-state index in [4.69, 9.17) is 4.98 Å². The van der Waals surface area contributed by atoms with Gasteiger partial charge in [-0.3, -0.25) is 9.36 Å². The van der Waals surface area contributed by atoms with Crippen LogP contribution in [0, 0.1) is 34.6 Å². The summed E-state index contributed by atoms with van der Waals surface area (Å²) in [5.74, 6) is 0.824. The second-order valence-corrected chi connectivity index (χ2v) is 7.80. The van der Waals surface area contributed by atoms with Crippen molar-refractivity contribution in [2.75, 3.05) is 0 Å². The zero-order chi connectivity index (χ0) is 19.0. The number of rotatable bonds is 4. The predicted molar refractivity (Wildman–Crippen MR) is 111 cm³/mol. The number of benzene rings is 2. The molecule has 0 N–H and O–H groups in total. The maximum atomic E-state index is 12.8. The third-order valence-corrected chi connectivity index (χ3v) is 6.65. The Labute approximate surface area is 159 Å². The van der Waals surface area contributed by atoms with Crippen LogP contribution in [-0.2, 0) is 12.3 Å². The molecule has 0 bridgehead atoms. The largest absolute Gasteiger partial charge is 0.287 e. The molecular weight excluding hydrogens is 340 g/mol. The first kappa shape index (κ1) is 18.7. The van der Waals surface area contributed by atoms with Crippen LogP contribution in [0.25, 0.3) is 10.9 Å². The van der Waals surface area contributed by atoms with Crippen molar-refractivity contribution in [1.29, 1.82) is 0 Å². The third-order valence-electron chi connectivity index (χ3n) is 5.64. The number of aromatic nitrogens is 2. The fourth-order valence-corrected chi connectivity index (χ4v) is 4.70. The maximum Gasteiger partial charge on any atom is 0.262 e. The smallest absolute Gasteiger partial charge is 0.262 e. The van der Waals surface area contributed by atoms with Crippen LogP contribution >= 0.6 is 11.8 Å². The van der Waals surface area contributed by atoms with Crippen molar-refractivity contribution in [3.05, 3.63) is 68.0 Å². The minimum atomic E-state index is 0.0466. The molecule has 2 aromatic carbocycles. The molecule has 0 spiro atoms. The fourth-order valence-electron chi connectivity index (χ4n) is 3.47. The normalized spacial score (nSPS) is 11.3. The molecule has 26 heavy (non-hydrogen) atoms. The summed E-state index contributed by atoms with van der Waals surface area (Å²) in [5.41, 5.74) is 8.99. The zero-order valence-corrected chi connectivity index (χ0v) is 17.3. The van der Waals surface area contributed by atoms with E-state index >= 15 is 0 Å². The van der Waals surface area contributed by atoms with Crippen LogP contribution in [0.1, 0.15) is 40.3 Å². The molecule has 3 rings (SSSR count). The third kappa shape index (κ3) is 3.07. The van der Waals surface area contributed by atoms with E-state index in [1.54, 1.807) is 16.3 Å². The Hall–Kier alpha value is -2.07. The summed E-state index contributed by atoms with van der Waals surface area (Å²) in [4.78, 5) is 17.6. The van der Waals surface area contributed by atoms with Gasteiger partial charge in [-0.1, -0.05) is 23.9 Å². The molecule has 0 aliphatic rings. The van der Waals surface area contributed by atoms with Crippen molar-refractivity contribution in [2.24, 2.45) is 0 Å². The fraction of sp³-hybridized carbons (Fsp3) is 0.364. The van der Waals surface area contributed by atoms with E-state index in [1.165, 1.54) is 33.4 Å². The van der Waals surface area contributed by atoms with Gasteiger partial charge in [0.25, 0.3) is 5.56 Å². The van der Waals surface area contributed by atoms with Gasteiger partial charge in [-0.25, -0.2) is 4.98 Å². The molecule has 0 saturated carbocycles. The molecule has 1 aromatic heterocycles. The Morgan fingerprint density at radius 2 is 1.50 bits per heavy atom. The standard InChI is InChI=1S/C22H26N2OS/c1-7-24-21(25)18-10-8-9-11-20(18)23-22(24)26-12-19-16(5)14(3)13(2)15(4)17(19)6/h8-11H,7,12H2,1-6H3. The number of hydrogen-bond acceptors (Lipinski definition) is 3. The first-order chi connectivity index (χ1) is 12.4. The Kier molecular flexibility index (Phi) is 5.24. The first-order valence-corrected chi connectivity index (χ1v) is 10.0. The number of para-hydroxylation sites is 1. The number of fused-ring (bicyclic) bond motifs is 1. The molecule has 0 aliphatic heterocycles. The molecular formula is C22H26N2OS. The summed E-state index contributed by atoms with van der Waals surface area (Å²) in [5, 5.41) is 1.49. The summed E-state index contributed by atoms with van der Waals surface area (Å²) < 4.78 is 1.78. The molecule has 0 radical (unpaired) electrons. The van der Waals surface area contributed by atoms with E-state index in [0.29, 0.717) is 11.9 Å². The van der Waals surface area contributed by atoms with Crippen LogP contribution in [0.5, 0.6) is 0 Å². The van der Waals surface area contributed by atoms with Crippen LogP contribution in [-0.4, -0.2) is 9.55 Å². The molecule has 0 fully saturated rings. The molecule has 3 aromatic rings. The maximum absolute atomic E-state index is 12.8. The average molecular weight is 367 g/mol. The highest BCUT2D eigenvalue weighted by molar-refractivity contribution is 7.98. The van der Waals surface area contributed by atoms with E-state index in [9.17, 15) is 4.79 Å². The highest BCUT2D eigenvalue weighted by Crippen LogP contribution is 2.31. The van der Waals surface area contributed by atoms with Crippen LogP contribution in [0.2, 0.25) is 0 Å². The van der Waals surface area contributed by atoms with Crippen molar-refractivity contribution in [2.45, 2.75) is 59.0 Å². The zero-order valence-electron chi connectivity index (χ0n) is 16.4. The molecule has 1 heterocycles. The second-order valence-electron chi connectivity index (χ2n) is 6.85. The van der Waals surface area contributed by atoms with Gasteiger partial charge < -0.3 is 0 Å². The summed E-state index contributed by atoms with van der Waals surface area (Å²) in [6.07, 6.45) is 0. The molecule has 4 heteroatoms. The molecule has 3 nitrogen and oxygen atoms in total. The van der Waals surface area contributed by atoms with Crippen molar-refractivity contribution >= 4 is 22.7 Å². The lowest BCUT2D eigenvalue weighted by Crippen LogP contribution is -2.22. The van der Waals surface area contributed by atoms with Gasteiger partial charge in [0.1, 0.15) is 0 Å². The van der Waals surface area contributed by atoms with Gasteiger partial charge in [-0.15, -0.1) is 0 Å². The lowest BCUT2D eigenvalue weighted by Gasteiger charge is -2.19. The predicted octanol–water partition coefficient (Wildman–Crippen LogP) is 5.25. The number of nitrogens with zero attached hydrogens (tertiary/aromatic N) is 2. The Morgan fingerprint density at radius 1 is 0.923 bits per heavy atom. The quantitative estimate of drug-likeness (QED) is 0.467. The number of thioether (sulfide) groups is 1. The lowest BCUT2D eigenvalue weighted by molar-refractivity contribution is 0.634. The first-order valence-electron chi connectivity index (χ1n) is 9.05.